The monoisotopic (exact) mass is 213 g/mol. The van der Waals surface area contributed by atoms with Crippen molar-refractivity contribution >= 4 is 5.91 Å². The highest BCUT2D eigenvalue weighted by molar-refractivity contribution is 5.76. The molecule has 0 aliphatic carbocycles. The van der Waals surface area contributed by atoms with Crippen LogP contribution in [0.5, 0.6) is 0 Å². The lowest BCUT2D eigenvalue weighted by molar-refractivity contribution is -0.136. The van der Waals surface area contributed by atoms with Crippen molar-refractivity contribution in [2.45, 2.75) is 52.0 Å². The zero-order valence-electron chi connectivity index (χ0n) is 10.00. The summed E-state index contributed by atoms with van der Waals surface area (Å²) in [4.78, 5) is 13.9. The van der Waals surface area contributed by atoms with E-state index in [2.05, 4.69) is 11.8 Å². The van der Waals surface area contributed by atoms with Gasteiger partial charge in [-0.2, -0.15) is 0 Å². The maximum absolute atomic E-state index is 11.9. The molecule has 3 heteroatoms. The molecule has 1 amide bonds. The van der Waals surface area contributed by atoms with Gasteiger partial charge in [0.05, 0.1) is 13.0 Å². The number of carbonyl (C=O) groups excluding carboxylic acids is 1. The average molecular weight is 213 g/mol. The predicted octanol–water partition coefficient (Wildman–Crippen LogP) is 2.20. The molecular weight excluding hydrogens is 190 g/mol. The van der Waals surface area contributed by atoms with Gasteiger partial charge in [0, 0.05) is 19.2 Å². The van der Waals surface area contributed by atoms with Crippen LogP contribution in [0.3, 0.4) is 0 Å². The third kappa shape index (κ3) is 3.82. The lowest BCUT2D eigenvalue weighted by atomic mass is 10.00. The number of piperidine rings is 1. The molecule has 15 heavy (non-hydrogen) atoms. The van der Waals surface area contributed by atoms with Crippen molar-refractivity contribution in [2.24, 2.45) is 0 Å². The quantitative estimate of drug-likeness (QED) is 0.655. The Labute approximate surface area is 92.8 Å². The van der Waals surface area contributed by atoms with E-state index in [1.165, 1.54) is 12.8 Å². The van der Waals surface area contributed by atoms with Crippen LogP contribution >= 0.6 is 0 Å². The number of likely N-dealkylation sites (tertiary alicyclic amines) is 1. The summed E-state index contributed by atoms with van der Waals surface area (Å²) in [6, 6.07) is 0.480. The number of ether oxygens (including phenoxy) is 1. The number of carbonyl (C=O) groups is 1. The van der Waals surface area contributed by atoms with E-state index >= 15 is 0 Å². The van der Waals surface area contributed by atoms with E-state index in [4.69, 9.17) is 4.74 Å². The van der Waals surface area contributed by atoms with Gasteiger partial charge in [-0.25, -0.2) is 0 Å². The third-order valence-corrected chi connectivity index (χ3v) is 3.08. The predicted molar refractivity (Wildman–Crippen MR) is 60.8 cm³/mol. The Bertz CT molecular complexity index is 194. The zero-order chi connectivity index (χ0) is 11.1. The zero-order valence-corrected chi connectivity index (χ0v) is 10.00. The first-order valence-corrected chi connectivity index (χ1v) is 6.16. The molecule has 0 aromatic carbocycles. The van der Waals surface area contributed by atoms with Crippen LogP contribution in [0.4, 0.5) is 0 Å². The van der Waals surface area contributed by atoms with Crippen molar-refractivity contribution < 1.29 is 9.53 Å². The first-order chi connectivity index (χ1) is 7.29. The van der Waals surface area contributed by atoms with Crippen LogP contribution in [0, 0.1) is 0 Å². The Morgan fingerprint density at radius 2 is 2.20 bits per heavy atom. The molecule has 3 nitrogen and oxygen atoms in total. The average Bonchev–Trinajstić information content (AvgIpc) is 2.29. The topological polar surface area (TPSA) is 29.5 Å². The normalized spacial score (nSPS) is 21.7. The molecule has 1 atom stereocenters. The van der Waals surface area contributed by atoms with E-state index < -0.39 is 0 Å². The molecule has 0 spiro atoms. The molecule has 0 radical (unpaired) electrons. The highest BCUT2D eigenvalue weighted by Gasteiger charge is 2.24. The first kappa shape index (κ1) is 12.5. The number of nitrogens with zero attached hydrogens (tertiary/aromatic N) is 1. The summed E-state index contributed by atoms with van der Waals surface area (Å²) in [7, 11) is 0. The summed E-state index contributed by atoms with van der Waals surface area (Å²) in [5.41, 5.74) is 0. The van der Waals surface area contributed by atoms with Gasteiger partial charge in [0.1, 0.15) is 0 Å². The Morgan fingerprint density at radius 1 is 1.40 bits per heavy atom. The van der Waals surface area contributed by atoms with Gasteiger partial charge in [-0.3, -0.25) is 4.79 Å². The van der Waals surface area contributed by atoms with Gasteiger partial charge >= 0.3 is 0 Å². The van der Waals surface area contributed by atoms with E-state index in [0.717, 1.165) is 19.4 Å². The van der Waals surface area contributed by atoms with Crippen molar-refractivity contribution in [1.29, 1.82) is 0 Å². The highest BCUT2D eigenvalue weighted by Crippen LogP contribution is 2.20. The minimum absolute atomic E-state index is 0.273. The van der Waals surface area contributed by atoms with Crippen molar-refractivity contribution in [3.05, 3.63) is 0 Å². The smallest absolute Gasteiger partial charge is 0.225 e. The molecule has 88 valence electrons. The second kappa shape index (κ2) is 6.83. The number of hydrogen-bond acceptors (Lipinski definition) is 2. The molecule has 1 fully saturated rings. The Morgan fingerprint density at radius 3 is 2.87 bits per heavy atom. The minimum Gasteiger partial charge on any atom is -0.381 e. The molecule has 0 bridgehead atoms. The molecule has 0 saturated carbocycles. The molecule has 1 saturated heterocycles. The molecule has 0 aromatic heterocycles. The van der Waals surface area contributed by atoms with Gasteiger partial charge in [-0.1, -0.05) is 6.92 Å². The SMILES string of the molecule is CCOCCC(=O)N1CCCC[C@@H]1CC. The third-order valence-electron chi connectivity index (χ3n) is 3.08. The van der Waals surface area contributed by atoms with E-state index in [9.17, 15) is 4.79 Å². The molecule has 0 N–H and O–H groups in total. The maximum atomic E-state index is 11.9. The Hall–Kier alpha value is -0.570. The van der Waals surface area contributed by atoms with E-state index in [1.807, 2.05) is 6.92 Å². The first-order valence-electron chi connectivity index (χ1n) is 6.16. The summed E-state index contributed by atoms with van der Waals surface area (Å²) >= 11 is 0. The van der Waals surface area contributed by atoms with Gasteiger partial charge in [0.2, 0.25) is 5.91 Å². The molecule has 1 aliphatic rings. The Balaban J connectivity index is 2.34. The summed E-state index contributed by atoms with van der Waals surface area (Å²) in [6.45, 7) is 6.34. The van der Waals surface area contributed by atoms with E-state index in [0.29, 0.717) is 25.7 Å². The van der Waals surface area contributed by atoms with Gasteiger partial charge in [-0.15, -0.1) is 0 Å². The summed E-state index contributed by atoms with van der Waals surface area (Å²) in [5.74, 6) is 0.273. The van der Waals surface area contributed by atoms with Gasteiger partial charge in [0.25, 0.3) is 0 Å². The molecule has 1 rings (SSSR count). The fourth-order valence-electron chi connectivity index (χ4n) is 2.20. The Kier molecular flexibility index (Phi) is 5.69. The van der Waals surface area contributed by atoms with Crippen molar-refractivity contribution in [3.8, 4) is 0 Å². The largest absolute Gasteiger partial charge is 0.381 e. The van der Waals surface area contributed by atoms with Crippen LogP contribution in [0.1, 0.15) is 46.0 Å². The van der Waals surface area contributed by atoms with Crippen LogP contribution < -0.4 is 0 Å². The second-order valence-corrected chi connectivity index (χ2v) is 4.09. The van der Waals surface area contributed by atoms with Gasteiger partial charge in [-0.05, 0) is 32.6 Å². The summed E-state index contributed by atoms with van der Waals surface area (Å²) in [5, 5.41) is 0. The number of rotatable bonds is 5. The van der Waals surface area contributed by atoms with Crippen LogP contribution in [-0.2, 0) is 9.53 Å². The van der Waals surface area contributed by atoms with Crippen LogP contribution in [0.2, 0.25) is 0 Å². The standard InChI is InChI=1S/C12H23NO2/c1-3-11-7-5-6-9-13(11)12(14)8-10-15-4-2/h11H,3-10H2,1-2H3/t11-/m0/s1. The van der Waals surface area contributed by atoms with Gasteiger partial charge in [0.15, 0.2) is 0 Å². The number of amides is 1. The fourth-order valence-corrected chi connectivity index (χ4v) is 2.20. The molecule has 1 aliphatic heterocycles. The maximum Gasteiger partial charge on any atom is 0.225 e. The minimum atomic E-state index is 0.273. The lowest BCUT2D eigenvalue weighted by Crippen LogP contribution is -2.43. The lowest BCUT2D eigenvalue weighted by Gasteiger charge is -2.35. The van der Waals surface area contributed by atoms with Crippen molar-refractivity contribution in [2.75, 3.05) is 19.8 Å². The summed E-state index contributed by atoms with van der Waals surface area (Å²) < 4.78 is 5.22. The highest BCUT2D eigenvalue weighted by atomic mass is 16.5. The van der Waals surface area contributed by atoms with E-state index in [-0.39, 0.29) is 5.91 Å². The molecule has 0 unspecified atom stereocenters. The van der Waals surface area contributed by atoms with E-state index in [1.54, 1.807) is 0 Å². The second-order valence-electron chi connectivity index (χ2n) is 4.09. The van der Waals surface area contributed by atoms with Crippen molar-refractivity contribution in [3.63, 3.8) is 0 Å². The molecule has 0 aromatic rings. The molecular formula is C12H23NO2. The fraction of sp³-hybridized carbons (Fsp3) is 0.917. The van der Waals surface area contributed by atoms with Crippen molar-refractivity contribution in [1.82, 2.24) is 4.90 Å². The molecule has 1 heterocycles. The van der Waals surface area contributed by atoms with Crippen LogP contribution in [-0.4, -0.2) is 36.6 Å². The summed E-state index contributed by atoms with van der Waals surface area (Å²) in [6.07, 6.45) is 5.24. The van der Waals surface area contributed by atoms with Crippen LogP contribution in [0.15, 0.2) is 0 Å². The van der Waals surface area contributed by atoms with Crippen LogP contribution in [0.25, 0.3) is 0 Å². The number of hydrogen-bond donors (Lipinski definition) is 0. The van der Waals surface area contributed by atoms with Gasteiger partial charge < -0.3 is 9.64 Å².